The Kier molecular flexibility index (Phi) is 3.34. The quantitative estimate of drug-likeness (QED) is 0.607. The van der Waals surface area contributed by atoms with Crippen LogP contribution in [0, 0.1) is 0 Å². The van der Waals surface area contributed by atoms with Crippen LogP contribution in [0.15, 0.2) is 27.4 Å². The van der Waals surface area contributed by atoms with Gasteiger partial charge in [-0.25, -0.2) is 4.79 Å². The second-order valence-electron chi connectivity index (χ2n) is 3.92. The van der Waals surface area contributed by atoms with Gasteiger partial charge in [-0.1, -0.05) is 0 Å². The number of oxazole rings is 1. The molecule has 1 unspecified atom stereocenters. The molecule has 5 N–H and O–H groups in total. The first-order valence-corrected chi connectivity index (χ1v) is 5.37. The molecule has 0 radical (unpaired) electrons. The zero-order valence-electron chi connectivity index (χ0n) is 9.67. The number of rotatable bonds is 4. The molecule has 8 nitrogen and oxygen atoms in total. The number of H-pyrrole nitrogens is 1. The second kappa shape index (κ2) is 4.94. The number of aromatic nitrogens is 1. The largest absolute Gasteiger partial charge is 0.480 e. The summed E-state index contributed by atoms with van der Waals surface area (Å²) in [7, 11) is 0. The van der Waals surface area contributed by atoms with Crippen LogP contribution in [0.25, 0.3) is 11.1 Å². The number of carboxylic acids is 1. The number of nitrogens with one attached hydrogen (secondary N) is 2. The third-order valence-electron chi connectivity index (χ3n) is 2.43. The van der Waals surface area contributed by atoms with Crippen LogP contribution in [0.5, 0.6) is 0 Å². The van der Waals surface area contributed by atoms with Crippen LogP contribution < -0.4 is 16.8 Å². The molecular weight excluding hydrogens is 254 g/mol. The molecule has 2 rings (SSSR count). The fraction of sp³-hybridized carbons (Fsp3) is 0.182. The Morgan fingerprint density at radius 1 is 1.47 bits per heavy atom. The van der Waals surface area contributed by atoms with Crippen molar-refractivity contribution < 1.29 is 19.1 Å². The predicted octanol–water partition coefficient (Wildman–Crippen LogP) is -0.138. The zero-order valence-corrected chi connectivity index (χ0v) is 9.67. The Hall–Kier alpha value is -2.61. The van der Waals surface area contributed by atoms with Crippen molar-refractivity contribution in [2.75, 3.05) is 5.32 Å². The molecule has 1 amide bonds. The minimum atomic E-state index is -1.25. The Morgan fingerprint density at radius 2 is 2.21 bits per heavy atom. The maximum Gasteiger partial charge on any atom is 0.417 e. The molecule has 1 atom stereocenters. The average molecular weight is 265 g/mol. The first-order valence-electron chi connectivity index (χ1n) is 5.37. The number of carboxylic acid groups (broad SMARTS) is 1. The van der Waals surface area contributed by atoms with Crippen LogP contribution in [0.3, 0.4) is 0 Å². The highest BCUT2D eigenvalue weighted by atomic mass is 16.4. The summed E-state index contributed by atoms with van der Waals surface area (Å²) in [5, 5.41) is 11.1. The molecular formula is C11H11N3O5. The van der Waals surface area contributed by atoms with Crippen LogP contribution >= 0.6 is 0 Å². The van der Waals surface area contributed by atoms with Crippen molar-refractivity contribution in [2.24, 2.45) is 5.73 Å². The van der Waals surface area contributed by atoms with Gasteiger partial charge >= 0.3 is 11.7 Å². The molecule has 0 fully saturated rings. The molecule has 0 saturated heterocycles. The Morgan fingerprint density at radius 3 is 2.89 bits per heavy atom. The summed E-state index contributed by atoms with van der Waals surface area (Å²) < 4.78 is 4.80. The summed E-state index contributed by atoms with van der Waals surface area (Å²) in [5.74, 6) is -2.36. The van der Waals surface area contributed by atoms with Gasteiger partial charge in [-0.15, -0.1) is 0 Å². The van der Waals surface area contributed by atoms with Crippen molar-refractivity contribution in [3.63, 3.8) is 0 Å². The first-order chi connectivity index (χ1) is 8.95. The van der Waals surface area contributed by atoms with Gasteiger partial charge < -0.3 is 20.6 Å². The number of hydrogen-bond acceptors (Lipinski definition) is 5. The lowest BCUT2D eigenvalue weighted by molar-refractivity contribution is -0.140. The number of hydrogen-bond donors (Lipinski definition) is 4. The Balaban J connectivity index is 2.10. The molecule has 1 aromatic carbocycles. The Bertz CT molecular complexity index is 687. The summed E-state index contributed by atoms with van der Waals surface area (Å²) in [6, 6.07) is 3.30. The number of aliphatic carboxylic acids is 1. The Labute approximate surface area is 106 Å². The molecule has 1 aromatic heterocycles. The van der Waals surface area contributed by atoms with Crippen molar-refractivity contribution in [1.29, 1.82) is 0 Å². The zero-order chi connectivity index (χ0) is 14.0. The number of amides is 1. The SMILES string of the molecule is NC(CC(=O)Nc1ccc2oc(=O)[nH]c2c1)C(=O)O. The number of benzene rings is 1. The van der Waals surface area contributed by atoms with Crippen LogP contribution in [-0.4, -0.2) is 28.0 Å². The van der Waals surface area contributed by atoms with E-state index in [1.54, 1.807) is 0 Å². The molecule has 0 bridgehead atoms. The lowest BCUT2D eigenvalue weighted by Gasteiger charge is -2.07. The topological polar surface area (TPSA) is 138 Å². The molecule has 8 heteroatoms. The molecule has 0 saturated carbocycles. The van der Waals surface area contributed by atoms with Gasteiger partial charge in [-0.05, 0) is 18.2 Å². The van der Waals surface area contributed by atoms with Gasteiger partial charge in [-0.3, -0.25) is 14.6 Å². The summed E-state index contributed by atoms with van der Waals surface area (Å²) in [6.07, 6.45) is -0.338. The minimum absolute atomic E-state index is 0.338. The maximum absolute atomic E-state index is 11.5. The molecule has 0 aliphatic carbocycles. The van der Waals surface area contributed by atoms with Gasteiger partial charge in [0.15, 0.2) is 5.58 Å². The van der Waals surface area contributed by atoms with E-state index < -0.39 is 23.7 Å². The van der Waals surface area contributed by atoms with Crippen LogP contribution in [0.4, 0.5) is 5.69 Å². The van der Waals surface area contributed by atoms with Crippen LogP contribution in [0.2, 0.25) is 0 Å². The lowest BCUT2D eigenvalue weighted by Crippen LogP contribution is -2.34. The smallest absolute Gasteiger partial charge is 0.417 e. The number of carbonyl (C=O) groups is 2. The number of carbonyl (C=O) groups excluding carboxylic acids is 1. The predicted molar refractivity (Wildman–Crippen MR) is 65.7 cm³/mol. The molecule has 2 aromatic rings. The standard InChI is InChI=1S/C11H11N3O5/c12-6(10(16)17)4-9(15)13-5-1-2-8-7(3-5)14-11(18)19-8/h1-3,6H,4,12H2,(H,13,15)(H,14,18)(H,16,17). The maximum atomic E-state index is 11.5. The number of fused-ring (bicyclic) bond motifs is 1. The van der Waals surface area contributed by atoms with Crippen molar-refractivity contribution in [3.8, 4) is 0 Å². The molecule has 0 aliphatic heterocycles. The van der Waals surface area contributed by atoms with E-state index in [-0.39, 0.29) is 6.42 Å². The van der Waals surface area contributed by atoms with Crippen molar-refractivity contribution >= 4 is 28.7 Å². The normalized spacial score (nSPS) is 12.3. The molecule has 0 aliphatic rings. The number of aromatic amines is 1. The molecule has 100 valence electrons. The van der Waals surface area contributed by atoms with E-state index in [2.05, 4.69) is 10.3 Å². The summed E-state index contributed by atoms with van der Waals surface area (Å²) in [5.41, 5.74) is 6.45. The summed E-state index contributed by atoms with van der Waals surface area (Å²) >= 11 is 0. The third-order valence-corrected chi connectivity index (χ3v) is 2.43. The average Bonchev–Trinajstić information content (AvgIpc) is 2.68. The van der Waals surface area contributed by atoms with Gasteiger partial charge in [0.05, 0.1) is 11.9 Å². The van der Waals surface area contributed by atoms with Gasteiger partial charge in [0.2, 0.25) is 5.91 Å². The van der Waals surface area contributed by atoms with E-state index in [4.69, 9.17) is 15.3 Å². The van der Waals surface area contributed by atoms with E-state index in [1.807, 2.05) is 0 Å². The van der Waals surface area contributed by atoms with E-state index >= 15 is 0 Å². The first kappa shape index (κ1) is 12.8. The fourth-order valence-electron chi connectivity index (χ4n) is 1.53. The monoisotopic (exact) mass is 265 g/mol. The van der Waals surface area contributed by atoms with Gasteiger partial charge in [0, 0.05) is 5.69 Å². The van der Waals surface area contributed by atoms with E-state index in [1.165, 1.54) is 18.2 Å². The highest BCUT2D eigenvalue weighted by Crippen LogP contribution is 2.16. The van der Waals surface area contributed by atoms with Gasteiger partial charge in [-0.2, -0.15) is 0 Å². The van der Waals surface area contributed by atoms with E-state index in [0.29, 0.717) is 16.8 Å². The minimum Gasteiger partial charge on any atom is -0.480 e. The highest BCUT2D eigenvalue weighted by Gasteiger charge is 2.16. The fourth-order valence-corrected chi connectivity index (χ4v) is 1.53. The summed E-state index contributed by atoms with van der Waals surface area (Å²) in [4.78, 5) is 35.4. The highest BCUT2D eigenvalue weighted by molar-refractivity contribution is 5.95. The number of anilines is 1. The van der Waals surface area contributed by atoms with Crippen LogP contribution in [-0.2, 0) is 9.59 Å². The van der Waals surface area contributed by atoms with E-state index in [9.17, 15) is 14.4 Å². The van der Waals surface area contributed by atoms with Crippen molar-refractivity contribution in [1.82, 2.24) is 4.98 Å². The van der Waals surface area contributed by atoms with Crippen molar-refractivity contribution in [3.05, 3.63) is 28.7 Å². The van der Waals surface area contributed by atoms with Gasteiger partial charge in [0.25, 0.3) is 0 Å². The van der Waals surface area contributed by atoms with Crippen molar-refractivity contribution in [2.45, 2.75) is 12.5 Å². The third kappa shape index (κ3) is 2.99. The lowest BCUT2D eigenvalue weighted by atomic mass is 10.2. The second-order valence-corrected chi connectivity index (χ2v) is 3.92. The molecule has 19 heavy (non-hydrogen) atoms. The molecule has 0 spiro atoms. The summed E-state index contributed by atoms with van der Waals surface area (Å²) in [6.45, 7) is 0. The van der Waals surface area contributed by atoms with Gasteiger partial charge in [0.1, 0.15) is 6.04 Å². The molecule has 1 heterocycles. The van der Waals surface area contributed by atoms with E-state index in [0.717, 1.165) is 0 Å². The number of nitrogens with two attached hydrogens (primary N) is 1. The van der Waals surface area contributed by atoms with Crippen LogP contribution in [0.1, 0.15) is 6.42 Å².